The number of nitrogens with zero attached hydrogens (tertiary/aromatic N) is 2. The van der Waals surface area contributed by atoms with Gasteiger partial charge in [0.1, 0.15) is 11.5 Å². The number of ether oxygens (including phenoxy) is 1. The number of amides is 1. The van der Waals surface area contributed by atoms with Gasteiger partial charge in [0.15, 0.2) is 0 Å². The fourth-order valence-electron chi connectivity index (χ4n) is 2.74. The van der Waals surface area contributed by atoms with Crippen molar-refractivity contribution in [2.24, 2.45) is 5.92 Å². The fraction of sp³-hybridized carbons (Fsp3) is 0.667. The molecule has 1 N–H and O–H groups in total. The molecule has 0 bridgehead atoms. The topological polar surface area (TPSA) is 48.6 Å². The predicted molar refractivity (Wildman–Crippen MR) is 76.6 cm³/mol. The zero-order chi connectivity index (χ0) is 14.8. The number of H-pyrrole nitrogens is 1. The molecular formula is C15H22FN3O2. The minimum Gasteiger partial charge on any atom is -0.374 e. The molecule has 1 aliphatic carbocycles. The SMILES string of the molecule is CN1CCOC(CN(CC2CC2)C(=O)c2cc(F)c[nH]2)C1. The minimum atomic E-state index is -0.404. The smallest absolute Gasteiger partial charge is 0.270 e. The van der Waals surface area contributed by atoms with E-state index in [1.807, 2.05) is 4.90 Å². The Labute approximate surface area is 124 Å². The number of nitrogens with one attached hydrogen (secondary N) is 1. The molecule has 1 saturated heterocycles. The molecule has 1 unspecified atom stereocenters. The van der Waals surface area contributed by atoms with E-state index in [1.165, 1.54) is 25.1 Å². The van der Waals surface area contributed by atoms with Gasteiger partial charge in [0.05, 0.1) is 12.7 Å². The highest BCUT2D eigenvalue weighted by molar-refractivity contribution is 5.92. The van der Waals surface area contributed by atoms with Gasteiger partial charge in [-0.3, -0.25) is 4.79 Å². The van der Waals surface area contributed by atoms with E-state index in [-0.39, 0.29) is 12.0 Å². The summed E-state index contributed by atoms with van der Waals surface area (Å²) in [6.07, 6.45) is 3.60. The Balaban J connectivity index is 1.66. The highest BCUT2D eigenvalue weighted by Crippen LogP contribution is 2.30. The summed E-state index contributed by atoms with van der Waals surface area (Å²) in [7, 11) is 2.06. The molecule has 1 aliphatic heterocycles. The Morgan fingerprint density at radius 2 is 2.33 bits per heavy atom. The molecule has 1 atom stereocenters. The normalized spacial score (nSPS) is 23.2. The van der Waals surface area contributed by atoms with Crippen molar-refractivity contribution in [3.63, 3.8) is 0 Å². The van der Waals surface area contributed by atoms with Crippen LogP contribution < -0.4 is 0 Å². The van der Waals surface area contributed by atoms with Crippen LogP contribution in [0.5, 0.6) is 0 Å². The molecule has 21 heavy (non-hydrogen) atoms. The zero-order valence-corrected chi connectivity index (χ0v) is 12.3. The first kappa shape index (κ1) is 14.5. The molecule has 0 spiro atoms. The second-order valence-electron chi connectivity index (χ2n) is 6.14. The van der Waals surface area contributed by atoms with Crippen LogP contribution in [-0.4, -0.2) is 66.6 Å². The van der Waals surface area contributed by atoms with Crippen LogP contribution in [0.25, 0.3) is 0 Å². The van der Waals surface area contributed by atoms with Crippen LogP contribution in [-0.2, 0) is 4.74 Å². The molecule has 0 radical (unpaired) electrons. The molecule has 2 aliphatic rings. The lowest BCUT2D eigenvalue weighted by Gasteiger charge is -2.34. The van der Waals surface area contributed by atoms with Crippen LogP contribution in [0.2, 0.25) is 0 Å². The first-order valence-electron chi connectivity index (χ1n) is 7.55. The van der Waals surface area contributed by atoms with Crippen molar-refractivity contribution in [3.8, 4) is 0 Å². The number of hydrogen-bond acceptors (Lipinski definition) is 3. The first-order chi connectivity index (χ1) is 10.1. The maximum atomic E-state index is 13.1. The maximum Gasteiger partial charge on any atom is 0.270 e. The number of carbonyl (C=O) groups excluding carboxylic acids is 1. The van der Waals surface area contributed by atoms with Gasteiger partial charge in [-0.05, 0) is 25.8 Å². The first-order valence-corrected chi connectivity index (χ1v) is 7.55. The third-order valence-electron chi connectivity index (χ3n) is 4.11. The van der Waals surface area contributed by atoms with Crippen LogP contribution in [0.3, 0.4) is 0 Å². The van der Waals surface area contributed by atoms with E-state index < -0.39 is 5.82 Å². The summed E-state index contributed by atoms with van der Waals surface area (Å²) in [6, 6.07) is 1.26. The standard InChI is InChI=1S/C15H22FN3O2/c1-18-4-5-21-13(9-18)10-19(8-11-2-3-11)15(20)14-6-12(16)7-17-14/h6-7,11,13,17H,2-5,8-10H2,1H3. The van der Waals surface area contributed by atoms with Crippen LogP contribution in [0.15, 0.2) is 12.3 Å². The van der Waals surface area contributed by atoms with Crippen LogP contribution in [0, 0.1) is 11.7 Å². The number of morpholine rings is 1. The number of carbonyl (C=O) groups is 1. The van der Waals surface area contributed by atoms with Crippen LogP contribution in [0.1, 0.15) is 23.3 Å². The molecule has 1 aromatic heterocycles. The van der Waals surface area contributed by atoms with Crippen molar-refractivity contribution < 1.29 is 13.9 Å². The van der Waals surface area contributed by atoms with Crippen LogP contribution in [0.4, 0.5) is 4.39 Å². The van der Waals surface area contributed by atoms with Crippen molar-refractivity contribution in [2.75, 3.05) is 39.8 Å². The molecule has 5 nitrogen and oxygen atoms in total. The van der Waals surface area contributed by atoms with Gasteiger partial charge >= 0.3 is 0 Å². The van der Waals surface area contributed by atoms with E-state index in [0.29, 0.717) is 24.8 Å². The summed E-state index contributed by atoms with van der Waals surface area (Å²) in [4.78, 5) is 19.3. The van der Waals surface area contributed by atoms with Gasteiger partial charge in [-0.25, -0.2) is 4.39 Å². The van der Waals surface area contributed by atoms with Gasteiger partial charge in [0.2, 0.25) is 0 Å². The Morgan fingerprint density at radius 3 is 2.95 bits per heavy atom. The lowest BCUT2D eigenvalue weighted by atomic mass is 10.2. The third-order valence-corrected chi connectivity index (χ3v) is 4.11. The molecule has 2 fully saturated rings. The van der Waals surface area contributed by atoms with Crippen molar-refractivity contribution in [3.05, 3.63) is 23.8 Å². The van der Waals surface area contributed by atoms with Crippen LogP contribution >= 0.6 is 0 Å². The molecule has 1 saturated carbocycles. The second-order valence-corrected chi connectivity index (χ2v) is 6.14. The van der Waals surface area contributed by atoms with Crippen molar-refractivity contribution in [1.29, 1.82) is 0 Å². The quantitative estimate of drug-likeness (QED) is 0.892. The number of likely N-dealkylation sites (N-methyl/N-ethyl adjacent to an activating group) is 1. The van der Waals surface area contributed by atoms with E-state index in [9.17, 15) is 9.18 Å². The molecule has 1 aromatic rings. The summed E-state index contributed by atoms with van der Waals surface area (Å²) in [5.74, 6) is 0.0519. The number of hydrogen-bond donors (Lipinski definition) is 1. The van der Waals surface area contributed by atoms with Crippen molar-refractivity contribution in [2.45, 2.75) is 18.9 Å². The largest absolute Gasteiger partial charge is 0.374 e. The zero-order valence-electron chi connectivity index (χ0n) is 12.3. The second kappa shape index (κ2) is 6.15. The van der Waals surface area contributed by atoms with Gasteiger partial charge in [0, 0.05) is 38.4 Å². The summed E-state index contributed by atoms with van der Waals surface area (Å²) in [5.41, 5.74) is 0.317. The number of rotatable bonds is 5. The third kappa shape index (κ3) is 3.83. The fourth-order valence-corrected chi connectivity index (χ4v) is 2.74. The van der Waals surface area contributed by atoms with E-state index in [1.54, 1.807) is 0 Å². The lowest BCUT2D eigenvalue weighted by molar-refractivity contribution is -0.0332. The molecule has 0 aromatic carbocycles. The number of halogens is 1. The molecule has 1 amide bonds. The monoisotopic (exact) mass is 295 g/mol. The summed E-state index contributed by atoms with van der Waals surface area (Å²) >= 11 is 0. The summed E-state index contributed by atoms with van der Waals surface area (Å²) in [6.45, 7) is 3.76. The molecular weight excluding hydrogens is 273 g/mol. The Bertz CT molecular complexity index is 501. The predicted octanol–water partition coefficient (Wildman–Crippen LogP) is 1.34. The van der Waals surface area contributed by atoms with Crippen molar-refractivity contribution >= 4 is 5.91 Å². The highest BCUT2D eigenvalue weighted by atomic mass is 19.1. The van der Waals surface area contributed by atoms with E-state index >= 15 is 0 Å². The molecule has 3 rings (SSSR count). The molecule has 2 heterocycles. The molecule has 6 heteroatoms. The average molecular weight is 295 g/mol. The van der Waals surface area contributed by atoms with E-state index in [2.05, 4.69) is 16.9 Å². The summed E-state index contributed by atoms with van der Waals surface area (Å²) < 4.78 is 18.9. The van der Waals surface area contributed by atoms with Crippen molar-refractivity contribution in [1.82, 2.24) is 14.8 Å². The van der Waals surface area contributed by atoms with Gasteiger partial charge in [-0.15, -0.1) is 0 Å². The minimum absolute atomic E-state index is 0.0336. The summed E-state index contributed by atoms with van der Waals surface area (Å²) in [5, 5.41) is 0. The Hall–Kier alpha value is -1.40. The van der Waals surface area contributed by atoms with Gasteiger partial charge < -0.3 is 19.5 Å². The molecule has 116 valence electrons. The van der Waals surface area contributed by atoms with E-state index in [4.69, 9.17) is 4.74 Å². The van der Waals surface area contributed by atoms with Gasteiger partial charge in [0.25, 0.3) is 5.91 Å². The van der Waals surface area contributed by atoms with Gasteiger partial charge in [-0.2, -0.15) is 0 Å². The Kier molecular flexibility index (Phi) is 4.26. The number of aromatic amines is 1. The van der Waals surface area contributed by atoms with E-state index in [0.717, 1.165) is 19.6 Å². The highest BCUT2D eigenvalue weighted by Gasteiger charge is 2.30. The average Bonchev–Trinajstić information content (AvgIpc) is 3.16. The lowest BCUT2D eigenvalue weighted by Crippen LogP contribution is -2.48. The maximum absolute atomic E-state index is 13.1. The number of aromatic nitrogens is 1. The Morgan fingerprint density at radius 1 is 1.52 bits per heavy atom. The van der Waals surface area contributed by atoms with Gasteiger partial charge in [-0.1, -0.05) is 0 Å².